The number of nitrogens with zero attached hydrogens (tertiary/aromatic N) is 1. The second kappa shape index (κ2) is 1.53. The van der Waals surface area contributed by atoms with E-state index >= 15 is 0 Å². The minimum Gasteiger partial charge on any atom is -0.396 e. The Hall–Kier alpha value is -0.570. The topological polar surface area (TPSA) is 40.5 Å². The number of amides is 1. The molecular formula is C7H11NO2. The molecule has 3 heteroatoms. The summed E-state index contributed by atoms with van der Waals surface area (Å²) in [5.74, 6) is 0.372. The summed E-state index contributed by atoms with van der Waals surface area (Å²) in [4.78, 5) is 12.8. The van der Waals surface area contributed by atoms with Crippen LogP contribution in [0.2, 0.25) is 0 Å². The van der Waals surface area contributed by atoms with Crippen molar-refractivity contribution in [2.75, 3.05) is 20.2 Å². The van der Waals surface area contributed by atoms with Crippen molar-refractivity contribution in [1.29, 1.82) is 0 Å². The zero-order chi connectivity index (χ0) is 7.35. The zero-order valence-electron chi connectivity index (χ0n) is 6.00. The quantitative estimate of drug-likeness (QED) is 0.532. The molecule has 0 aromatic carbocycles. The number of hydrogen-bond acceptors (Lipinski definition) is 2. The first-order chi connectivity index (χ1) is 4.69. The number of rotatable bonds is 1. The Morgan fingerprint density at radius 2 is 2.60 bits per heavy atom. The predicted octanol–water partition coefficient (Wildman–Crippen LogP) is -0.543. The highest BCUT2D eigenvalue weighted by Gasteiger charge is 2.64. The first-order valence-corrected chi connectivity index (χ1v) is 3.55. The fraction of sp³-hybridized carbons (Fsp3) is 0.857. The Bertz CT molecular complexity index is 192. The van der Waals surface area contributed by atoms with Crippen LogP contribution in [-0.2, 0) is 4.79 Å². The van der Waals surface area contributed by atoms with Crippen LogP contribution in [0.25, 0.3) is 0 Å². The van der Waals surface area contributed by atoms with Gasteiger partial charge in [0.05, 0.1) is 6.61 Å². The number of likely N-dealkylation sites (tertiary alicyclic amines) is 1. The Kier molecular flexibility index (Phi) is 0.944. The second-order valence-electron chi connectivity index (χ2n) is 3.47. The van der Waals surface area contributed by atoms with Crippen LogP contribution in [0.3, 0.4) is 0 Å². The maximum atomic E-state index is 11.1. The van der Waals surface area contributed by atoms with Crippen molar-refractivity contribution in [2.45, 2.75) is 6.42 Å². The molecule has 2 atom stereocenters. The second-order valence-corrected chi connectivity index (χ2v) is 3.47. The fourth-order valence-electron chi connectivity index (χ4n) is 1.91. The van der Waals surface area contributed by atoms with Crippen LogP contribution in [0.1, 0.15) is 6.42 Å². The predicted molar refractivity (Wildman–Crippen MR) is 35.3 cm³/mol. The molecule has 2 aliphatic rings. The molecule has 1 heterocycles. The lowest BCUT2D eigenvalue weighted by atomic mass is 10.1. The van der Waals surface area contributed by atoms with Gasteiger partial charge in [-0.2, -0.15) is 0 Å². The van der Waals surface area contributed by atoms with Gasteiger partial charge in [0.15, 0.2) is 0 Å². The Balaban J connectivity index is 2.18. The van der Waals surface area contributed by atoms with E-state index in [1.807, 2.05) is 0 Å². The molecule has 2 rings (SSSR count). The van der Waals surface area contributed by atoms with Gasteiger partial charge in [-0.3, -0.25) is 4.79 Å². The highest BCUT2D eigenvalue weighted by Crippen LogP contribution is 2.57. The summed E-state index contributed by atoms with van der Waals surface area (Å²) in [6, 6.07) is 0. The van der Waals surface area contributed by atoms with E-state index in [1.54, 1.807) is 11.9 Å². The summed E-state index contributed by atoms with van der Waals surface area (Å²) in [5, 5.41) is 8.92. The molecule has 0 radical (unpaired) electrons. The average Bonchev–Trinajstić information content (AvgIpc) is 2.57. The third-order valence-electron chi connectivity index (χ3n) is 2.73. The van der Waals surface area contributed by atoms with Crippen LogP contribution in [0.5, 0.6) is 0 Å². The van der Waals surface area contributed by atoms with Crippen molar-refractivity contribution in [1.82, 2.24) is 4.90 Å². The molecule has 0 aromatic heterocycles. The van der Waals surface area contributed by atoms with E-state index in [9.17, 15) is 4.79 Å². The summed E-state index contributed by atoms with van der Waals surface area (Å²) >= 11 is 0. The van der Waals surface area contributed by atoms with Crippen LogP contribution < -0.4 is 0 Å². The van der Waals surface area contributed by atoms with Crippen molar-refractivity contribution >= 4 is 5.91 Å². The van der Waals surface area contributed by atoms with E-state index in [1.165, 1.54) is 0 Å². The van der Waals surface area contributed by atoms with Crippen molar-refractivity contribution < 1.29 is 9.90 Å². The molecule has 1 aliphatic heterocycles. The lowest BCUT2D eigenvalue weighted by Crippen LogP contribution is -2.25. The van der Waals surface area contributed by atoms with E-state index in [-0.39, 0.29) is 23.8 Å². The summed E-state index contributed by atoms with van der Waals surface area (Å²) in [5.41, 5.74) is -0.0220. The molecule has 1 saturated heterocycles. The number of fused-ring (bicyclic) bond motifs is 1. The number of carbonyl (C=O) groups excluding carboxylic acids is 1. The zero-order valence-corrected chi connectivity index (χ0v) is 6.00. The first kappa shape index (κ1) is 6.16. The highest BCUT2D eigenvalue weighted by molar-refractivity contribution is 5.85. The third kappa shape index (κ3) is 0.515. The van der Waals surface area contributed by atoms with Crippen molar-refractivity contribution in [2.24, 2.45) is 11.3 Å². The Labute approximate surface area is 59.6 Å². The number of carbonyl (C=O) groups is 1. The van der Waals surface area contributed by atoms with Crippen LogP contribution in [0, 0.1) is 11.3 Å². The molecule has 1 unspecified atom stereocenters. The van der Waals surface area contributed by atoms with Gasteiger partial charge in [0.2, 0.25) is 5.91 Å². The monoisotopic (exact) mass is 141 g/mol. The van der Waals surface area contributed by atoms with Crippen molar-refractivity contribution in [3.05, 3.63) is 0 Å². The Morgan fingerprint density at radius 1 is 1.90 bits per heavy atom. The molecule has 2 fully saturated rings. The normalized spacial score (nSPS) is 44.0. The van der Waals surface area contributed by atoms with Crippen molar-refractivity contribution in [3.8, 4) is 0 Å². The van der Waals surface area contributed by atoms with Crippen LogP contribution in [-0.4, -0.2) is 36.1 Å². The van der Waals surface area contributed by atoms with Gasteiger partial charge in [0.1, 0.15) is 0 Å². The van der Waals surface area contributed by atoms with Crippen LogP contribution >= 0.6 is 0 Å². The number of aliphatic hydroxyl groups excluding tert-OH is 1. The molecule has 3 nitrogen and oxygen atoms in total. The molecule has 10 heavy (non-hydrogen) atoms. The van der Waals surface area contributed by atoms with Gasteiger partial charge in [-0.1, -0.05) is 0 Å². The minimum atomic E-state index is -0.0220. The molecule has 1 N–H and O–H groups in total. The SMILES string of the molecule is CN1CC2(CO)C[C@@H]2C1=O. The smallest absolute Gasteiger partial charge is 0.226 e. The number of aliphatic hydroxyl groups is 1. The largest absolute Gasteiger partial charge is 0.396 e. The maximum Gasteiger partial charge on any atom is 0.226 e. The molecule has 1 saturated carbocycles. The minimum absolute atomic E-state index is 0.0220. The van der Waals surface area contributed by atoms with Crippen LogP contribution in [0.4, 0.5) is 0 Å². The van der Waals surface area contributed by atoms with E-state index in [2.05, 4.69) is 0 Å². The number of piperidine rings is 1. The van der Waals surface area contributed by atoms with Gasteiger partial charge in [0, 0.05) is 24.9 Å². The van der Waals surface area contributed by atoms with Gasteiger partial charge in [-0.25, -0.2) is 0 Å². The number of hydrogen-bond donors (Lipinski definition) is 1. The molecule has 56 valence electrons. The summed E-state index contributed by atoms with van der Waals surface area (Å²) in [7, 11) is 1.80. The van der Waals surface area contributed by atoms with E-state index < -0.39 is 0 Å². The first-order valence-electron chi connectivity index (χ1n) is 3.55. The van der Waals surface area contributed by atoms with Gasteiger partial charge in [-0.15, -0.1) is 0 Å². The summed E-state index contributed by atoms with van der Waals surface area (Å²) in [6.45, 7) is 0.931. The summed E-state index contributed by atoms with van der Waals surface area (Å²) in [6.07, 6.45) is 0.909. The fourth-order valence-corrected chi connectivity index (χ4v) is 1.91. The van der Waals surface area contributed by atoms with E-state index in [4.69, 9.17) is 5.11 Å². The maximum absolute atomic E-state index is 11.1. The molecular weight excluding hydrogens is 130 g/mol. The Morgan fingerprint density at radius 3 is 2.90 bits per heavy atom. The van der Waals surface area contributed by atoms with E-state index in [0.717, 1.165) is 13.0 Å². The lowest BCUT2D eigenvalue weighted by Gasteiger charge is -2.13. The highest BCUT2D eigenvalue weighted by atomic mass is 16.3. The standard InChI is InChI=1S/C7H11NO2/c1-8-3-7(4-9)2-5(7)6(8)10/h5,9H,2-4H2,1H3/t5-,7?/m1/s1. The van der Waals surface area contributed by atoms with Crippen molar-refractivity contribution in [3.63, 3.8) is 0 Å². The third-order valence-corrected chi connectivity index (χ3v) is 2.73. The molecule has 0 spiro atoms. The molecule has 0 bridgehead atoms. The van der Waals surface area contributed by atoms with E-state index in [0.29, 0.717) is 0 Å². The summed E-state index contributed by atoms with van der Waals surface area (Å²) < 4.78 is 0. The molecule has 0 aromatic rings. The van der Waals surface area contributed by atoms with Gasteiger partial charge >= 0.3 is 0 Å². The van der Waals surface area contributed by atoms with Gasteiger partial charge in [0.25, 0.3) is 0 Å². The lowest BCUT2D eigenvalue weighted by molar-refractivity contribution is -0.128. The average molecular weight is 141 g/mol. The van der Waals surface area contributed by atoms with Gasteiger partial charge in [-0.05, 0) is 6.42 Å². The molecule has 1 amide bonds. The molecule has 1 aliphatic carbocycles. The van der Waals surface area contributed by atoms with Gasteiger partial charge < -0.3 is 10.0 Å². The van der Waals surface area contributed by atoms with Crippen LogP contribution in [0.15, 0.2) is 0 Å².